The van der Waals surface area contributed by atoms with E-state index >= 15 is 0 Å². The van der Waals surface area contributed by atoms with Gasteiger partial charge < -0.3 is 10.2 Å². The van der Waals surface area contributed by atoms with Gasteiger partial charge in [0.05, 0.1) is 24.0 Å². The number of oxazole rings is 1. The van der Waals surface area contributed by atoms with Crippen molar-refractivity contribution in [3.8, 4) is 0 Å². The quantitative estimate of drug-likeness (QED) is 0.436. The monoisotopic (exact) mass is 376 g/mol. The molecule has 3 heterocycles. The van der Waals surface area contributed by atoms with Crippen LogP contribution in [0.3, 0.4) is 0 Å². The lowest BCUT2D eigenvalue weighted by molar-refractivity contribution is 0.576. The van der Waals surface area contributed by atoms with Crippen LogP contribution in [0.2, 0.25) is 0 Å². The van der Waals surface area contributed by atoms with Crippen LogP contribution in [0.4, 0.5) is 23.5 Å². The lowest BCUT2D eigenvalue weighted by Gasteiger charge is -2.23. The zero-order chi connectivity index (χ0) is 19.5. The normalized spacial score (nSPS) is 10.9. The third-order valence-electron chi connectivity index (χ3n) is 4.17. The molecule has 4 N–H and O–H groups in total. The van der Waals surface area contributed by atoms with Gasteiger partial charge in [-0.05, 0) is 30.7 Å². The minimum atomic E-state index is 0.311. The largest absolute Gasteiger partial charge is 0.432 e. The van der Waals surface area contributed by atoms with Crippen molar-refractivity contribution < 1.29 is 4.42 Å². The molecule has 0 bridgehead atoms. The molecule has 4 aromatic rings. The average molecular weight is 376 g/mol. The highest BCUT2D eigenvalue weighted by atomic mass is 16.4. The summed E-state index contributed by atoms with van der Waals surface area (Å²) >= 11 is 0. The molecular weight excluding hydrogens is 356 g/mol. The number of fused-ring (bicyclic) bond motifs is 1. The number of aryl methyl sites for hydroxylation is 1. The molecule has 0 amide bonds. The summed E-state index contributed by atoms with van der Waals surface area (Å²) in [5.74, 6) is 1.29. The maximum atomic E-state index is 6.08. The number of nitrogens with zero attached hydrogens (tertiary/aromatic N) is 5. The summed E-state index contributed by atoms with van der Waals surface area (Å²) in [7, 11) is 1.81. The second kappa shape index (κ2) is 7.49. The SMILES string of the molecule is CNN(Cc1ccc2ncccc2c1)c1nc(Nc2nc(C)co2)cnc1N. The Morgan fingerprint density at radius 2 is 2.07 bits per heavy atom. The van der Waals surface area contributed by atoms with Crippen LogP contribution in [-0.4, -0.2) is 27.0 Å². The molecule has 0 aliphatic carbocycles. The van der Waals surface area contributed by atoms with Crippen molar-refractivity contribution in [3.63, 3.8) is 0 Å². The van der Waals surface area contributed by atoms with Crippen LogP contribution >= 0.6 is 0 Å². The molecule has 0 atom stereocenters. The average Bonchev–Trinajstić information content (AvgIpc) is 3.12. The Morgan fingerprint density at radius 1 is 1.18 bits per heavy atom. The van der Waals surface area contributed by atoms with Crippen molar-refractivity contribution in [1.82, 2.24) is 25.4 Å². The Balaban J connectivity index is 1.60. The molecule has 9 nitrogen and oxygen atoms in total. The molecular formula is C19H20N8O. The minimum Gasteiger partial charge on any atom is -0.432 e. The molecule has 0 aliphatic rings. The van der Waals surface area contributed by atoms with Crippen molar-refractivity contribution in [3.05, 3.63) is 60.2 Å². The fourth-order valence-corrected chi connectivity index (χ4v) is 2.83. The Morgan fingerprint density at radius 3 is 2.86 bits per heavy atom. The fraction of sp³-hybridized carbons (Fsp3) is 0.158. The third kappa shape index (κ3) is 3.69. The van der Waals surface area contributed by atoms with Gasteiger partial charge in [-0.15, -0.1) is 0 Å². The Hall–Kier alpha value is -3.72. The van der Waals surface area contributed by atoms with Gasteiger partial charge >= 0.3 is 6.01 Å². The van der Waals surface area contributed by atoms with E-state index in [1.807, 2.05) is 36.2 Å². The molecule has 0 unspecified atom stereocenters. The van der Waals surface area contributed by atoms with Crippen LogP contribution in [0.5, 0.6) is 0 Å². The maximum absolute atomic E-state index is 6.08. The summed E-state index contributed by atoms with van der Waals surface area (Å²) < 4.78 is 5.31. The molecule has 0 saturated heterocycles. The first-order valence-electron chi connectivity index (χ1n) is 8.72. The predicted octanol–water partition coefficient (Wildman–Crippen LogP) is 2.79. The highest BCUT2D eigenvalue weighted by Gasteiger charge is 2.14. The summed E-state index contributed by atoms with van der Waals surface area (Å²) in [6.45, 7) is 2.39. The molecule has 3 aromatic heterocycles. The van der Waals surface area contributed by atoms with Crippen molar-refractivity contribution in [2.75, 3.05) is 23.1 Å². The highest BCUT2D eigenvalue weighted by Crippen LogP contribution is 2.23. The number of anilines is 4. The van der Waals surface area contributed by atoms with Crippen molar-refractivity contribution in [2.45, 2.75) is 13.5 Å². The van der Waals surface area contributed by atoms with Crippen LogP contribution in [0.25, 0.3) is 10.9 Å². The van der Waals surface area contributed by atoms with Gasteiger partial charge in [-0.1, -0.05) is 12.1 Å². The lowest BCUT2D eigenvalue weighted by Crippen LogP contribution is -2.36. The van der Waals surface area contributed by atoms with E-state index in [0.717, 1.165) is 22.2 Å². The number of nitrogens with two attached hydrogens (primary N) is 1. The van der Waals surface area contributed by atoms with Crippen LogP contribution in [0.1, 0.15) is 11.3 Å². The lowest BCUT2D eigenvalue weighted by atomic mass is 10.1. The fourth-order valence-electron chi connectivity index (χ4n) is 2.83. The molecule has 1 aromatic carbocycles. The molecule has 0 saturated carbocycles. The molecule has 142 valence electrons. The van der Waals surface area contributed by atoms with Crippen LogP contribution in [-0.2, 0) is 6.54 Å². The van der Waals surface area contributed by atoms with Gasteiger partial charge in [0.2, 0.25) is 0 Å². The molecule has 0 spiro atoms. The topological polar surface area (TPSA) is 118 Å². The number of rotatable bonds is 6. The first-order valence-corrected chi connectivity index (χ1v) is 8.72. The number of nitrogens with one attached hydrogen (secondary N) is 2. The number of hydrazine groups is 1. The predicted molar refractivity (Wildman–Crippen MR) is 108 cm³/mol. The van der Waals surface area contributed by atoms with Gasteiger partial charge in [0.1, 0.15) is 6.26 Å². The highest BCUT2D eigenvalue weighted by molar-refractivity contribution is 5.79. The standard InChI is InChI=1S/C19H20N8O/c1-12-11-28-19(24-12)26-16-9-23-17(20)18(25-16)27(21-2)10-13-5-6-15-14(8-13)4-3-7-22-15/h3-9,11,21H,10H2,1-2H3,(H2,20,23)(H,24,25,26). The van der Waals surface area contributed by atoms with E-state index in [2.05, 4.69) is 36.7 Å². The van der Waals surface area contributed by atoms with E-state index < -0.39 is 0 Å². The van der Waals surface area contributed by atoms with Crippen LogP contribution in [0.15, 0.2) is 53.4 Å². The first-order chi connectivity index (χ1) is 13.6. The summed E-state index contributed by atoms with van der Waals surface area (Å²) in [5.41, 5.74) is 12.0. The van der Waals surface area contributed by atoms with Crippen LogP contribution in [0, 0.1) is 6.92 Å². The van der Waals surface area contributed by atoms with E-state index in [1.165, 1.54) is 6.20 Å². The number of aromatic nitrogens is 4. The van der Waals surface area contributed by atoms with E-state index in [1.54, 1.807) is 19.5 Å². The minimum absolute atomic E-state index is 0.311. The number of hydrogen-bond acceptors (Lipinski definition) is 9. The van der Waals surface area contributed by atoms with E-state index in [9.17, 15) is 0 Å². The Bertz CT molecular complexity index is 1110. The van der Waals surface area contributed by atoms with Crippen molar-refractivity contribution in [1.29, 1.82) is 0 Å². The van der Waals surface area contributed by atoms with Gasteiger partial charge in [0.15, 0.2) is 17.5 Å². The van der Waals surface area contributed by atoms with Gasteiger partial charge in [-0.25, -0.2) is 15.4 Å². The molecule has 9 heteroatoms. The molecule has 4 rings (SSSR count). The molecule has 0 radical (unpaired) electrons. The summed E-state index contributed by atoms with van der Waals surface area (Å²) in [6.07, 6.45) is 4.88. The smallest absolute Gasteiger partial charge is 0.300 e. The van der Waals surface area contributed by atoms with Gasteiger partial charge in [-0.2, -0.15) is 4.98 Å². The van der Waals surface area contributed by atoms with E-state index in [-0.39, 0.29) is 0 Å². The Kier molecular flexibility index (Phi) is 4.73. The van der Waals surface area contributed by atoms with E-state index in [4.69, 9.17) is 10.2 Å². The summed E-state index contributed by atoms with van der Waals surface area (Å²) in [5, 5.41) is 5.89. The number of hydrogen-bond donors (Lipinski definition) is 3. The summed E-state index contributed by atoms with van der Waals surface area (Å²) in [6, 6.07) is 10.4. The molecule has 0 fully saturated rings. The van der Waals surface area contributed by atoms with Gasteiger partial charge in [0.25, 0.3) is 0 Å². The maximum Gasteiger partial charge on any atom is 0.300 e. The number of benzene rings is 1. The molecule has 0 aliphatic heterocycles. The van der Waals surface area contributed by atoms with Gasteiger partial charge in [0, 0.05) is 18.6 Å². The number of pyridine rings is 1. The first kappa shape index (κ1) is 17.7. The zero-order valence-corrected chi connectivity index (χ0v) is 15.5. The Labute approximate surface area is 161 Å². The second-order valence-electron chi connectivity index (χ2n) is 6.22. The van der Waals surface area contributed by atoms with Crippen molar-refractivity contribution >= 4 is 34.4 Å². The third-order valence-corrected chi connectivity index (χ3v) is 4.17. The van der Waals surface area contributed by atoms with Crippen LogP contribution < -0.4 is 21.5 Å². The summed E-state index contributed by atoms with van der Waals surface area (Å²) in [4.78, 5) is 17.4. The second-order valence-corrected chi connectivity index (χ2v) is 6.22. The van der Waals surface area contributed by atoms with Crippen molar-refractivity contribution in [2.24, 2.45) is 0 Å². The zero-order valence-electron chi connectivity index (χ0n) is 15.5. The molecule has 28 heavy (non-hydrogen) atoms. The number of nitrogen functional groups attached to an aromatic ring is 1. The van der Waals surface area contributed by atoms with Gasteiger partial charge in [-0.3, -0.25) is 15.3 Å². The van der Waals surface area contributed by atoms with E-state index in [0.29, 0.717) is 30.0 Å².